The van der Waals surface area contributed by atoms with Crippen molar-refractivity contribution in [1.82, 2.24) is 10.6 Å². The highest BCUT2D eigenvalue weighted by atomic mass is 16.6. The zero-order valence-electron chi connectivity index (χ0n) is 16.7. The van der Waals surface area contributed by atoms with Gasteiger partial charge in [0.2, 0.25) is 0 Å². The average molecular weight is 357 g/mol. The maximum atomic E-state index is 11.9. The summed E-state index contributed by atoms with van der Waals surface area (Å²) in [4.78, 5) is 23.5. The molecule has 0 spiro atoms. The highest BCUT2D eigenvalue weighted by Gasteiger charge is 2.41. The Morgan fingerprint density at radius 2 is 1.84 bits per heavy atom. The van der Waals surface area contributed by atoms with Crippen molar-refractivity contribution in [1.29, 1.82) is 0 Å². The van der Waals surface area contributed by atoms with Gasteiger partial charge in [-0.15, -0.1) is 0 Å². The first kappa shape index (κ1) is 21.6. The molecule has 2 N–H and O–H groups in total. The summed E-state index contributed by atoms with van der Waals surface area (Å²) in [6.07, 6.45) is 3.74. The second-order valence-corrected chi connectivity index (χ2v) is 8.67. The van der Waals surface area contributed by atoms with Gasteiger partial charge in [-0.2, -0.15) is 0 Å². The number of carbonyl (C=O) groups excluding carboxylic acids is 2. The molecule has 146 valence electrons. The molecule has 0 aromatic rings. The van der Waals surface area contributed by atoms with E-state index in [1.165, 1.54) is 0 Å². The fourth-order valence-electron chi connectivity index (χ4n) is 4.05. The van der Waals surface area contributed by atoms with Crippen LogP contribution in [0.5, 0.6) is 0 Å². The van der Waals surface area contributed by atoms with Gasteiger partial charge in [0.25, 0.3) is 0 Å². The minimum absolute atomic E-state index is 0.0512. The van der Waals surface area contributed by atoms with Gasteiger partial charge in [0.15, 0.2) is 0 Å². The fourth-order valence-corrected chi connectivity index (χ4v) is 4.05. The van der Waals surface area contributed by atoms with Crippen LogP contribution in [0.4, 0.5) is 9.59 Å². The average Bonchev–Trinajstić information content (AvgIpc) is 2.41. The predicted octanol–water partition coefficient (Wildman–Crippen LogP) is 4.23. The Bertz CT molecular complexity index is 451. The van der Waals surface area contributed by atoms with Crippen molar-refractivity contribution >= 4 is 12.2 Å². The zero-order chi connectivity index (χ0) is 19.1. The van der Waals surface area contributed by atoms with Gasteiger partial charge in [0, 0.05) is 12.6 Å². The molecule has 1 saturated carbocycles. The van der Waals surface area contributed by atoms with Gasteiger partial charge in [-0.3, -0.25) is 0 Å². The van der Waals surface area contributed by atoms with Crippen LogP contribution in [0.25, 0.3) is 0 Å². The molecule has 2 unspecified atom stereocenters. The van der Waals surface area contributed by atoms with Gasteiger partial charge in [-0.25, -0.2) is 9.59 Å². The number of alkyl carbamates (subject to hydrolysis) is 2. The monoisotopic (exact) mass is 356 g/mol. The van der Waals surface area contributed by atoms with E-state index < -0.39 is 0 Å². The molecule has 0 radical (unpaired) electrons. The molecule has 1 aliphatic rings. The van der Waals surface area contributed by atoms with E-state index in [2.05, 4.69) is 31.4 Å². The first-order chi connectivity index (χ1) is 11.6. The third-order valence-corrected chi connectivity index (χ3v) is 4.54. The molecule has 0 bridgehead atoms. The summed E-state index contributed by atoms with van der Waals surface area (Å²) in [5.74, 6) is 0. The van der Waals surface area contributed by atoms with Crippen molar-refractivity contribution in [3.63, 3.8) is 0 Å². The Morgan fingerprint density at radius 1 is 1.16 bits per heavy atom. The van der Waals surface area contributed by atoms with Crippen LogP contribution in [0.1, 0.15) is 73.6 Å². The number of rotatable bonds is 7. The van der Waals surface area contributed by atoms with E-state index in [0.717, 1.165) is 32.1 Å². The van der Waals surface area contributed by atoms with Gasteiger partial charge in [0.05, 0.1) is 12.7 Å². The molecular weight excluding hydrogens is 320 g/mol. The number of carbonyl (C=O) groups is 2. The smallest absolute Gasteiger partial charge is 0.407 e. The van der Waals surface area contributed by atoms with E-state index in [-0.39, 0.29) is 35.2 Å². The van der Waals surface area contributed by atoms with Gasteiger partial charge in [0.1, 0.15) is 0 Å². The van der Waals surface area contributed by atoms with Crippen molar-refractivity contribution in [3.8, 4) is 0 Å². The van der Waals surface area contributed by atoms with Crippen molar-refractivity contribution in [2.45, 2.75) is 85.8 Å². The Labute approximate surface area is 152 Å². The van der Waals surface area contributed by atoms with E-state index in [4.69, 9.17) is 9.47 Å². The predicted molar refractivity (Wildman–Crippen MR) is 98.5 cm³/mol. The highest BCUT2D eigenvalue weighted by Crippen LogP contribution is 2.47. The number of hydrogen-bond acceptors (Lipinski definition) is 4. The van der Waals surface area contributed by atoms with E-state index in [1.807, 2.05) is 20.8 Å². The summed E-state index contributed by atoms with van der Waals surface area (Å²) >= 11 is 0. The molecule has 6 heteroatoms. The summed E-state index contributed by atoms with van der Waals surface area (Å²) < 4.78 is 10.3. The van der Waals surface area contributed by atoms with Crippen molar-refractivity contribution in [3.05, 3.63) is 0 Å². The topological polar surface area (TPSA) is 76.7 Å². The summed E-state index contributed by atoms with van der Waals surface area (Å²) in [6, 6.07) is 0.0979. The van der Waals surface area contributed by atoms with Gasteiger partial charge in [-0.05, 0) is 56.8 Å². The molecule has 6 nitrogen and oxygen atoms in total. The molecule has 0 aromatic heterocycles. The zero-order valence-corrected chi connectivity index (χ0v) is 16.7. The summed E-state index contributed by atoms with van der Waals surface area (Å²) in [7, 11) is 0. The SMILES string of the molecule is CCCOC(=O)NC1CC(C)(C)CC(C)(CCNC(=O)OC(C)C)C1. The lowest BCUT2D eigenvalue weighted by Crippen LogP contribution is -2.47. The number of ether oxygens (including phenoxy) is 2. The molecule has 0 aromatic carbocycles. The third kappa shape index (κ3) is 8.45. The number of amides is 2. The van der Waals surface area contributed by atoms with Crippen molar-refractivity contribution in [2.24, 2.45) is 10.8 Å². The van der Waals surface area contributed by atoms with Crippen LogP contribution in [-0.2, 0) is 9.47 Å². The highest BCUT2D eigenvalue weighted by molar-refractivity contribution is 5.67. The maximum Gasteiger partial charge on any atom is 0.407 e. The lowest BCUT2D eigenvalue weighted by Gasteiger charge is -2.46. The van der Waals surface area contributed by atoms with Crippen LogP contribution >= 0.6 is 0 Å². The van der Waals surface area contributed by atoms with Gasteiger partial charge >= 0.3 is 12.2 Å². The summed E-state index contributed by atoms with van der Waals surface area (Å²) in [5.41, 5.74) is 0.184. The van der Waals surface area contributed by atoms with Crippen LogP contribution in [0.2, 0.25) is 0 Å². The van der Waals surface area contributed by atoms with E-state index >= 15 is 0 Å². The Hall–Kier alpha value is -1.46. The quantitative estimate of drug-likeness (QED) is 0.715. The summed E-state index contributed by atoms with van der Waals surface area (Å²) in [6.45, 7) is 13.4. The number of nitrogens with one attached hydrogen (secondary N) is 2. The Balaban J connectivity index is 2.55. The molecule has 0 heterocycles. The molecular formula is C19H36N2O4. The minimum atomic E-state index is -0.369. The Kier molecular flexibility index (Phi) is 8.03. The lowest BCUT2D eigenvalue weighted by atomic mass is 9.61. The van der Waals surface area contributed by atoms with E-state index in [0.29, 0.717) is 13.2 Å². The maximum absolute atomic E-state index is 11.9. The van der Waals surface area contributed by atoms with Gasteiger partial charge in [-0.1, -0.05) is 27.7 Å². The van der Waals surface area contributed by atoms with Gasteiger partial charge < -0.3 is 20.1 Å². The molecule has 1 aliphatic carbocycles. The largest absolute Gasteiger partial charge is 0.450 e. The standard InChI is InChI=1S/C19H36N2O4/c1-7-10-24-17(23)21-15-11-18(4,5)13-19(6,12-15)8-9-20-16(22)25-14(2)3/h14-15H,7-13H2,1-6H3,(H,20,22)(H,21,23). The van der Waals surface area contributed by atoms with Crippen LogP contribution < -0.4 is 10.6 Å². The first-order valence-electron chi connectivity index (χ1n) is 9.43. The van der Waals surface area contributed by atoms with Crippen LogP contribution in [-0.4, -0.2) is 37.5 Å². The molecule has 2 atom stereocenters. The molecule has 0 aliphatic heterocycles. The molecule has 1 rings (SSSR count). The molecule has 2 amide bonds. The Morgan fingerprint density at radius 3 is 2.44 bits per heavy atom. The number of hydrogen-bond donors (Lipinski definition) is 2. The molecule has 1 fully saturated rings. The second-order valence-electron chi connectivity index (χ2n) is 8.67. The third-order valence-electron chi connectivity index (χ3n) is 4.54. The first-order valence-corrected chi connectivity index (χ1v) is 9.43. The minimum Gasteiger partial charge on any atom is -0.450 e. The normalized spacial score (nSPS) is 25.3. The fraction of sp³-hybridized carbons (Fsp3) is 0.895. The van der Waals surface area contributed by atoms with Crippen LogP contribution in [0, 0.1) is 10.8 Å². The van der Waals surface area contributed by atoms with Crippen molar-refractivity contribution < 1.29 is 19.1 Å². The molecule has 0 saturated heterocycles. The van der Waals surface area contributed by atoms with E-state index in [9.17, 15) is 9.59 Å². The molecule has 25 heavy (non-hydrogen) atoms. The van der Waals surface area contributed by atoms with Crippen LogP contribution in [0.3, 0.4) is 0 Å². The summed E-state index contributed by atoms with van der Waals surface area (Å²) in [5, 5.41) is 5.84. The van der Waals surface area contributed by atoms with E-state index in [1.54, 1.807) is 0 Å². The van der Waals surface area contributed by atoms with Crippen LogP contribution in [0.15, 0.2) is 0 Å². The van der Waals surface area contributed by atoms with Crippen molar-refractivity contribution in [2.75, 3.05) is 13.2 Å². The second kappa shape index (κ2) is 9.30. The lowest BCUT2D eigenvalue weighted by molar-refractivity contribution is 0.0588.